The number of rotatable bonds is 8. The molecule has 122 valence electrons. The van der Waals surface area contributed by atoms with Gasteiger partial charge in [0.1, 0.15) is 4.90 Å². The maximum Gasteiger partial charge on any atom is 0.244 e. The largest absolute Gasteiger partial charge is 0.390 e. The second-order valence-corrected chi connectivity index (χ2v) is 8.02. The van der Waals surface area contributed by atoms with Crippen LogP contribution in [0.25, 0.3) is 0 Å². The Balaban J connectivity index is 3.07. The Morgan fingerprint density at radius 3 is 2.43 bits per heavy atom. The molecule has 0 spiro atoms. The maximum atomic E-state index is 12.7. The highest BCUT2D eigenvalue weighted by molar-refractivity contribution is 7.89. The first-order valence-corrected chi connectivity index (χ1v) is 8.96. The fourth-order valence-electron chi connectivity index (χ4n) is 2.48. The molecule has 0 aliphatic heterocycles. The van der Waals surface area contributed by atoms with Crippen molar-refractivity contribution in [2.24, 2.45) is 5.92 Å². The number of aliphatic hydroxyl groups is 1. The highest BCUT2D eigenvalue weighted by Crippen LogP contribution is 2.22. The smallest absolute Gasteiger partial charge is 0.244 e. The molecule has 6 heteroatoms. The van der Waals surface area contributed by atoms with Crippen LogP contribution in [-0.4, -0.2) is 35.5 Å². The zero-order valence-corrected chi connectivity index (χ0v) is 14.5. The minimum Gasteiger partial charge on any atom is -0.390 e. The Bertz CT molecular complexity index is 549. The van der Waals surface area contributed by atoms with Gasteiger partial charge >= 0.3 is 0 Å². The third-order valence-corrected chi connectivity index (χ3v) is 5.63. The van der Waals surface area contributed by atoms with E-state index in [1.54, 1.807) is 19.3 Å². The monoisotopic (exact) mass is 316 g/mol. The topological polar surface area (TPSA) is 62.5 Å². The molecule has 21 heavy (non-hydrogen) atoms. The summed E-state index contributed by atoms with van der Waals surface area (Å²) in [6.07, 6.45) is 3.34. The van der Waals surface area contributed by atoms with Crippen molar-refractivity contribution in [2.75, 3.05) is 7.05 Å². The van der Waals surface area contributed by atoms with E-state index in [9.17, 15) is 13.5 Å². The summed E-state index contributed by atoms with van der Waals surface area (Å²) in [5.74, 6) is 0.440. The van der Waals surface area contributed by atoms with Crippen molar-refractivity contribution >= 4 is 10.0 Å². The van der Waals surface area contributed by atoms with Crippen molar-refractivity contribution in [1.29, 1.82) is 0 Å². The molecule has 1 heterocycles. The first kappa shape index (κ1) is 18.2. The lowest BCUT2D eigenvalue weighted by atomic mass is 10.1. The standard InChI is InChI=1S/C15H28N2O3S/c1-6-7-17-10-15(9-14(17)11-18)21(19,20)16(5)13(4)8-12(2)3/h9-10,12-13,18H,6-8,11H2,1-5H3. The Morgan fingerprint density at radius 2 is 1.95 bits per heavy atom. The van der Waals surface area contributed by atoms with Gasteiger partial charge in [0.05, 0.1) is 6.61 Å². The quantitative estimate of drug-likeness (QED) is 0.801. The third-order valence-electron chi connectivity index (χ3n) is 3.70. The number of nitrogens with zero attached hydrogens (tertiary/aromatic N) is 2. The van der Waals surface area contributed by atoms with Gasteiger partial charge in [0, 0.05) is 31.5 Å². The predicted molar refractivity (Wildman–Crippen MR) is 84.5 cm³/mol. The Hall–Kier alpha value is -0.850. The van der Waals surface area contributed by atoms with Gasteiger partial charge in [-0.2, -0.15) is 4.31 Å². The summed E-state index contributed by atoms with van der Waals surface area (Å²) in [6, 6.07) is 1.52. The van der Waals surface area contributed by atoms with E-state index in [-0.39, 0.29) is 17.5 Å². The van der Waals surface area contributed by atoms with Crippen LogP contribution in [0, 0.1) is 5.92 Å². The lowest BCUT2D eigenvalue weighted by Gasteiger charge is -2.25. The number of sulfonamides is 1. The molecule has 1 unspecified atom stereocenters. The minimum absolute atomic E-state index is 0.0536. The second kappa shape index (κ2) is 7.42. The van der Waals surface area contributed by atoms with Crippen LogP contribution in [0.4, 0.5) is 0 Å². The molecule has 0 radical (unpaired) electrons. The highest BCUT2D eigenvalue weighted by atomic mass is 32.2. The Morgan fingerprint density at radius 1 is 1.33 bits per heavy atom. The zero-order valence-electron chi connectivity index (χ0n) is 13.7. The van der Waals surface area contributed by atoms with Crippen LogP contribution < -0.4 is 0 Å². The van der Waals surface area contributed by atoms with Crippen LogP contribution in [0.15, 0.2) is 17.2 Å². The number of hydrogen-bond donors (Lipinski definition) is 1. The summed E-state index contributed by atoms with van der Waals surface area (Å²) in [7, 11) is -1.89. The number of aryl methyl sites for hydroxylation is 1. The molecular weight excluding hydrogens is 288 g/mol. The van der Waals surface area contributed by atoms with Crippen molar-refractivity contribution < 1.29 is 13.5 Å². The maximum absolute atomic E-state index is 12.7. The van der Waals surface area contributed by atoms with Gasteiger partial charge in [0.2, 0.25) is 10.0 Å². The normalized spacial score (nSPS) is 14.1. The van der Waals surface area contributed by atoms with Crippen LogP contribution >= 0.6 is 0 Å². The lowest BCUT2D eigenvalue weighted by molar-refractivity contribution is 0.270. The molecule has 0 aliphatic carbocycles. The second-order valence-electron chi connectivity index (χ2n) is 6.02. The lowest BCUT2D eigenvalue weighted by Crippen LogP contribution is -2.35. The van der Waals surface area contributed by atoms with E-state index in [0.29, 0.717) is 18.2 Å². The predicted octanol–water partition coefficient (Wildman–Crippen LogP) is 2.45. The van der Waals surface area contributed by atoms with Crippen LogP contribution in [0.5, 0.6) is 0 Å². The van der Waals surface area contributed by atoms with Crippen LogP contribution in [-0.2, 0) is 23.2 Å². The number of hydrogen-bond acceptors (Lipinski definition) is 3. The summed E-state index contributed by atoms with van der Waals surface area (Å²) in [5, 5.41) is 9.36. The van der Waals surface area contributed by atoms with E-state index in [1.807, 2.05) is 18.4 Å². The molecule has 1 N–H and O–H groups in total. The van der Waals surface area contributed by atoms with Gasteiger partial charge in [0.15, 0.2) is 0 Å². The summed E-state index contributed by atoms with van der Waals surface area (Å²) >= 11 is 0. The number of aromatic nitrogens is 1. The van der Waals surface area contributed by atoms with E-state index in [4.69, 9.17) is 0 Å². The third kappa shape index (κ3) is 4.31. The summed E-state index contributed by atoms with van der Waals surface area (Å²) in [6.45, 7) is 8.66. The fraction of sp³-hybridized carbons (Fsp3) is 0.733. The molecule has 0 amide bonds. The highest BCUT2D eigenvalue weighted by Gasteiger charge is 2.27. The molecule has 0 bridgehead atoms. The molecule has 5 nitrogen and oxygen atoms in total. The Labute approximate surface area is 128 Å². The van der Waals surface area contributed by atoms with Gasteiger partial charge in [-0.1, -0.05) is 20.8 Å². The van der Waals surface area contributed by atoms with E-state index in [2.05, 4.69) is 13.8 Å². The molecule has 1 aromatic rings. The van der Waals surface area contributed by atoms with Crippen molar-refractivity contribution in [3.63, 3.8) is 0 Å². The average Bonchev–Trinajstić information content (AvgIpc) is 2.81. The van der Waals surface area contributed by atoms with Gasteiger partial charge < -0.3 is 9.67 Å². The first-order valence-electron chi connectivity index (χ1n) is 7.51. The van der Waals surface area contributed by atoms with Crippen molar-refractivity contribution in [1.82, 2.24) is 8.87 Å². The van der Waals surface area contributed by atoms with E-state index in [0.717, 1.165) is 12.8 Å². The fourth-order valence-corrected chi connectivity index (χ4v) is 3.92. The van der Waals surface area contributed by atoms with E-state index >= 15 is 0 Å². The van der Waals surface area contributed by atoms with Crippen LogP contribution in [0.2, 0.25) is 0 Å². The van der Waals surface area contributed by atoms with Crippen LogP contribution in [0.3, 0.4) is 0 Å². The molecule has 1 rings (SSSR count). The molecule has 0 saturated heterocycles. The van der Waals surface area contributed by atoms with Crippen molar-refractivity contribution in [3.05, 3.63) is 18.0 Å². The molecule has 1 atom stereocenters. The Kier molecular flexibility index (Phi) is 6.43. The van der Waals surface area contributed by atoms with Gasteiger partial charge in [-0.15, -0.1) is 0 Å². The van der Waals surface area contributed by atoms with E-state index in [1.165, 1.54) is 4.31 Å². The van der Waals surface area contributed by atoms with Gasteiger partial charge in [-0.25, -0.2) is 8.42 Å². The molecule has 0 saturated carbocycles. The van der Waals surface area contributed by atoms with Crippen LogP contribution in [0.1, 0.15) is 46.2 Å². The summed E-state index contributed by atoms with van der Waals surface area (Å²) in [4.78, 5) is 0.262. The molecule has 0 aromatic carbocycles. The van der Waals surface area contributed by atoms with Gasteiger partial charge in [0.25, 0.3) is 0 Å². The first-order chi connectivity index (χ1) is 9.73. The number of aliphatic hydroxyl groups excluding tert-OH is 1. The van der Waals surface area contributed by atoms with Gasteiger partial charge in [-0.3, -0.25) is 0 Å². The molecular formula is C15H28N2O3S. The zero-order chi connectivity index (χ0) is 16.2. The van der Waals surface area contributed by atoms with Crippen molar-refractivity contribution in [2.45, 2.75) is 64.6 Å². The summed E-state index contributed by atoms with van der Waals surface area (Å²) in [5.41, 5.74) is 0.639. The average molecular weight is 316 g/mol. The SMILES string of the molecule is CCCn1cc(S(=O)(=O)N(C)C(C)CC(C)C)cc1CO. The molecule has 0 aliphatic rings. The molecule has 1 aromatic heterocycles. The van der Waals surface area contributed by atoms with E-state index < -0.39 is 10.0 Å². The van der Waals surface area contributed by atoms with Crippen molar-refractivity contribution in [3.8, 4) is 0 Å². The molecule has 0 fully saturated rings. The summed E-state index contributed by atoms with van der Waals surface area (Å²) < 4.78 is 28.6. The minimum atomic E-state index is -3.51. The van der Waals surface area contributed by atoms with Gasteiger partial charge in [-0.05, 0) is 31.7 Å².